The molecule has 0 saturated heterocycles. The van der Waals surface area contributed by atoms with Crippen molar-refractivity contribution >= 4 is 11.9 Å². The zero-order valence-corrected chi connectivity index (χ0v) is 13.9. The summed E-state index contributed by atoms with van der Waals surface area (Å²) in [5.74, 6) is -0.662. The van der Waals surface area contributed by atoms with Gasteiger partial charge in [0, 0.05) is 17.1 Å². The summed E-state index contributed by atoms with van der Waals surface area (Å²) in [6, 6.07) is 0. The van der Waals surface area contributed by atoms with Crippen molar-refractivity contribution in [1.82, 2.24) is 0 Å². The van der Waals surface area contributed by atoms with Gasteiger partial charge in [0.25, 0.3) is 6.29 Å². The molecule has 0 fully saturated rings. The van der Waals surface area contributed by atoms with E-state index >= 15 is 0 Å². The van der Waals surface area contributed by atoms with E-state index in [0.717, 1.165) is 19.3 Å². The van der Waals surface area contributed by atoms with Crippen molar-refractivity contribution in [2.24, 2.45) is 11.8 Å². The molecule has 120 valence electrons. The van der Waals surface area contributed by atoms with E-state index in [1.807, 2.05) is 6.92 Å². The first kappa shape index (κ1) is 19.4. The van der Waals surface area contributed by atoms with Crippen molar-refractivity contribution in [3.05, 3.63) is 24.3 Å². The third-order valence-corrected chi connectivity index (χ3v) is 3.45. The Balaban J connectivity index is 5.05. The zero-order chi connectivity index (χ0) is 16.6. The minimum absolute atomic E-state index is 0.0356. The van der Waals surface area contributed by atoms with E-state index in [4.69, 9.17) is 9.47 Å². The summed E-state index contributed by atoms with van der Waals surface area (Å²) < 4.78 is 10.6. The predicted octanol–water partition coefficient (Wildman–Crippen LogP) is 4.01. The molecule has 21 heavy (non-hydrogen) atoms. The van der Waals surface area contributed by atoms with Gasteiger partial charge in [0.2, 0.25) is 0 Å². The maximum atomic E-state index is 11.7. The molecule has 0 amide bonds. The van der Waals surface area contributed by atoms with Gasteiger partial charge in [-0.1, -0.05) is 40.3 Å². The molecule has 0 heterocycles. The van der Waals surface area contributed by atoms with Crippen molar-refractivity contribution in [3.8, 4) is 0 Å². The van der Waals surface area contributed by atoms with Crippen molar-refractivity contribution in [1.29, 1.82) is 0 Å². The average molecular weight is 296 g/mol. The van der Waals surface area contributed by atoms with Gasteiger partial charge >= 0.3 is 11.9 Å². The highest BCUT2D eigenvalue weighted by molar-refractivity contribution is 5.88. The van der Waals surface area contributed by atoms with E-state index in [-0.39, 0.29) is 17.1 Å². The lowest BCUT2D eigenvalue weighted by molar-refractivity contribution is -0.194. The van der Waals surface area contributed by atoms with Gasteiger partial charge in [0.05, 0.1) is 0 Å². The minimum atomic E-state index is -0.891. The van der Waals surface area contributed by atoms with Crippen molar-refractivity contribution in [2.75, 3.05) is 0 Å². The van der Waals surface area contributed by atoms with Crippen molar-refractivity contribution in [3.63, 3.8) is 0 Å². The molecule has 0 aromatic rings. The first-order valence-corrected chi connectivity index (χ1v) is 7.45. The fourth-order valence-corrected chi connectivity index (χ4v) is 1.78. The normalized spacial score (nSPS) is 13.4. The lowest BCUT2D eigenvalue weighted by Crippen LogP contribution is -2.33. The number of rotatable bonds is 9. The smallest absolute Gasteiger partial charge is 0.336 e. The van der Waals surface area contributed by atoms with E-state index < -0.39 is 18.2 Å². The second kappa shape index (κ2) is 9.37. The molecule has 4 nitrogen and oxygen atoms in total. The van der Waals surface area contributed by atoms with E-state index in [2.05, 4.69) is 27.0 Å². The summed E-state index contributed by atoms with van der Waals surface area (Å²) in [6.07, 6.45) is 1.70. The Morgan fingerprint density at radius 2 is 1.38 bits per heavy atom. The Hall–Kier alpha value is -1.58. The molecule has 4 heteroatoms. The molecule has 0 aromatic carbocycles. The highest BCUT2D eigenvalue weighted by Crippen LogP contribution is 2.25. The Kier molecular flexibility index (Phi) is 8.67. The highest BCUT2D eigenvalue weighted by Gasteiger charge is 2.29. The second-order valence-corrected chi connectivity index (χ2v) is 5.66. The van der Waals surface area contributed by atoms with Crippen LogP contribution in [0.1, 0.15) is 53.9 Å². The molecular weight excluding hydrogens is 268 g/mol. The molecule has 0 radical (unpaired) electrons. The highest BCUT2D eigenvalue weighted by atomic mass is 16.7. The Morgan fingerprint density at radius 1 is 0.952 bits per heavy atom. The van der Waals surface area contributed by atoms with Crippen LogP contribution in [-0.2, 0) is 19.1 Å². The average Bonchev–Trinajstić information content (AvgIpc) is 2.43. The van der Waals surface area contributed by atoms with Crippen LogP contribution >= 0.6 is 0 Å². The van der Waals surface area contributed by atoms with Gasteiger partial charge in [-0.15, -0.1) is 0 Å². The largest absolute Gasteiger partial charge is 0.421 e. The molecule has 2 atom stereocenters. The van der Waals surface area contributed by atoms with Crippen LogP contribution < -0.4 is 0 Å². The molecule has 0 aliphatic heterocycles. The van der Waals surface area contributed by atoms with Gasteiger partial charge in [-0.2, -0.15) is 0 Å². The van der Waals surface area contributed by atoms with Gasteiger partial charge in [-0.05, 0) is 32.6 Å². The van der Waals surface area contributed by atoms with Gasteiger partial charge in [-0.25, -0.2) is 9.59 Å². The van der Waals surface area contributed by atoms with Crippen LogP contribution in [0.25, 0.3) is 0 Å². The SMILES string of the molecule is C=C(C)C(=O)OC(OC(=O)C(=C)C)C(CC)CC(C)CC. The summed E-state index contributed by atoms with van der Waals surface area (Å²) >= 11 is 0. The summed E-state index contributed by atoms with van der Waals surface area (Å²) in [4.78, 5) is 23.5. The maximum absolute atomic E-state index is 11.7. The van der Waals surface area contributed by atoms with E-state index in [1.165, 1.54) is 0 Å². The monoisotopic (exact) mass is 296 g/mol. The molecule has 0 aliphatic carbocycles. The number of esters is 2. The molecule has 2 unspecified atom stereocenters. The predicted molar refractivity (Wildman–Crippen MR) is 83.5 cm³/mol. The number of ether oxygens (including phenoxy) is 2. The Morgan fingerprint density at radius 3 is 1.67 bits per heavy atom. The fourth-order valence-electron chi connectivity index (χ4n) is 1.78. The van der Waals surface area contributed by atoms with Crippen LogP contribution in [0.2, 0.25) is 0 Å². The van der Waals surface area contributed by atoms with E-state index in [9.17, 15) is 9.59 Å². The molecule has 0 bridgehead atoms. The van der Waals surface area contributed by atoms with E-state index in [0.29, 0.717) is 5.92 Å². The molecule has 0 saturated carbocycles. The van der Waals surface area contributed by atoms with Crippen LogP contribution in [-0.4, -0.2) is 18.2 Å². The summed E-state index contributed by atoms with van der Waals surface area (Å²) in [7, 11) is 0. The van der Waals surface area contributed by atoms with Crippen LogP contribution in [0.3, 0.4) is 0 Å². The van der Waals surface area contributed by atoms with Crippen LogP contribution in [0.15, 0.2) is 24.3 Å². The summed E-state index contributed by atoms with van der Waals surface area (Å²) in [5, 5.41) is 0. The maximum Gasteiger partial charge on any atom is 0.336 e. The molecule has 0 spiro atoms. The third-order valence-electron chi connectivity index (χ3n) is 3.45. The standard InChI is InChI=1S/C17H28O4/c1-8-13(7)10-14(9-2)17(20-15(18)11(3)4)21-16(19)12(5)6/h13-14,17H,3,5,8-10H2,1-2,4,6-7H3. The van der Waals surface area contributed by atoms with Crippen LogP contribution in [0.5, 0.6) is 0 Å². The minimum Gasteiger partial charge on any atom is -0.421 e. The Labute approximate surface area is 128 Å². The van der Waals surface area contributed by atoms with Gasteiger partial charge in [0.1, 0.15) is 0 Å². The lowest BCUT2D eigenvalue weighted by Gasteiger charge is -2.27. The summed E-state index contributed by atoms with van der Waals surface area (Å²) in [5.41, 5.74) is 0.564. The molecule has 0 rings (SSSR count). The Bertz CT molecular complexity index is 370. The van der Waals surface area contributed by atoms with Gasteiger partial charge in [-0.3, -0.25) is 0 Å². The molecule has 0 aliphatic rings. The van der Waals surface area contributed by atoms with Gasteiger partial charge < -0.3 is 9.47 Å². The quantitative estimate of drug-likeness (QED) is 0.366. The van der Waals surface area contributed by atoms with Crippen LogP contribution in [0, 0.1) is 11.8 Å². The van der Waals surface area contributed by atoms with E-state index in [1.54, 1.807) is 13.8 Å². The topological polar surface area (TPSA) is 52.6 Å². The number of hydrogen-bond donors (Lipinski definition) is 0. The van der Waals surface area contributed by atoms with Gasteiger partial charge in [0.15, 0.2) is 0 Å². The first-order valence-electron chi connectivity index (χ1n) is 7.45. The lowest BCUT2D eigenvalue weighted by atomic mass is 9.91. The molecule has 0 N–H and O–H groups in total. The molecular formula is C17H28O4. The molecule has 0 aromatic heterocycles. The van der Waals surface area contributed by atoms with Crippen LogP contribution in [0.4, 0.5) is 0 Å². The third kappa shape index (κ3) is 7.11. The zero-order valence-electron chi connectivity index (χ0n) is 13.9. The number of carbonyl (C=O) groups is 2. The number of hydrogen-bond acceptors (Lipinski definition) is 4. The summed E-state index contributed by atoms with van der Waals surface area (Å²) in [6.45, 7) is 16.5. The van der Waals surface area contributed by atoms with Crippen molar-refractivity contribution in [2.45, 2.75) is 60.2 Å². The first-order chi connectivity index (χ1) is 9.72. The van der Waals surface area contributed by atoms with Crippen molar-refractivity contribution < 1.29 is 19.1 Å². The number of carbonyl (C=O) groups excluding carboxylic acids is 2. The second-order valence-electron chi connectivity index (χ2n) is 5.66. The fraction of sp³-hybridized carbons (Fsp3) is 0.647.